The van der Waals surface area contributed by atoms with E-state index in [9.17, 15) is 0 Å². The smallest absolute Gasteiger partial charge is 0.0568 e. The van der Waals surface area contributed by atoms with Gasteiger partial charge >= 0.3 is 0 Å². The molecular weight excluding hydrogens is 212 g/mol. The normalized spacial score (nSPS) is 10.2. The molecule has 0 fully saturated rings. The average molecular weight is 228 g/mol. The molecule has 0 radical (unpaired) electrons. The third-order valence-corrected chi connectivity index (χ3v) is 2.68. The van der Waals surface area contributed by atoms with E-state index in [1.165, 1.54) is 5.56 Å². The van der Waals surface area contributed by atoms with Crippen molar-refractivity contribution >= 4 is 17.1 Å². The fourth-order valence-electron chi connectivity index (χ4n) is 1.65. The monoisotopic (exact) mass is 228 g/mol. The second-order valence-corrected chi connectivity index (χ2v) is 4.02. The van der Waals surface area contributed by atoms with Crippen molar-refractivity contribution in [2.75, 3.05) is 23.4 Å². The number of aromatic nitrogens is 1. The number of nitrogen functional groups attached to an aromatic ring is 2. The van der Waals surface area contributed by atoms with E-state index in [2.05, 4.69) is 9.88 Å². The molecule has 4 heteroatoms. The molecule has 2 rings (SSSR count). The van der Waals surface area contributed by atoms with Crippen molar-refractivity contribution in [1.29, 1.82) is 0 Å². The van der Waals surface area contributed by atoms with Crippen LogP contribution < -0.4 is 16.4 Å². The van der Waals surface area contributed by atoms with E-state index in [0.29, 0.717) is 11.4 Å². The Hall–Kier alpha value is -2.23. The minimum absolute atomic E-state index is 0.615. The van der Waals surface area contributed by atoms with Crippen LogP contribution in [0.3, 0.4) is 0 Å². The second-order valence-electron chi connectivity index (χ2n) is 4.02. The Morgan fingerprint density at radius 2 is 1.76 bits per heavy atom. The van der Waals surface area contributed by atoms with Gasteiger partial charge in [-0.05, 0) is 35.9 Å². The van der Waals surface area contributed by atoms with Crippen molar-refractivity contribution in [2.45, 2.75) is 6.54 Å². The van der Waals surface area contributed by atoms with Gasteiger partial charge in [0.25, 0.3) is 0 Å². The van der Waals surface area contributed by atoms with Crippen LogP contribution in [-0.2, 0) is 6.54 Å². The standard InChI is InChI=1S/C13H16N4/c1-17(9-10-4-6-16-7-5-10)11-2-3-12(14)13(15)8-11/h2-8H,9,14-15H2,1H3. The topological polar surface area (TPSA) is 68.2 Å². The van der Waals surface area contributed by atoms with Crippen LogP contribution in [0, 0.1) is 0 Å². The lowest BCUT2D eigenvalue weighted by Gasteiger charge is -2.20. The number of pyridine rings is 1. The van der Waals surface area contributed by atoms with E-state index in [0.717, 1.165) is 12.2 Å². The van der Waals surface area contributed by atoms with Crippen LogP contribution in [0.15, 0.2) is 42.7 Å². The van der Waals surface area contributed by atoms with Gasteiger partial charge in [-0.3, -0.25) is 4.98 Å². The third-order valence-electron chi connectivity index (χ3n) is 2.68. The van der Waals surface area contributed by atoms with Gasteiger partial charge in [-0.25, -0.2) is 0 Å². The fourth-order valence-corrected chi connectivity index (χ4v) is 1.65. The molecule has 0 bridgehead atoms. The Kier molecular flexibility index (Phi) is 3.14. The molecule has 0 spiro atoms. The summed E-state index contributed by atoms with van der Waals surface area (Å²) in [6, 6.07) is 9.67. The van der Waals surface area contributed by atoms with Crippen LogP contribution in [0.2, 0.25) is 0 Å². The molecule has 0 aliphatic rings. The first-order chi connectivity index (χ1) is 8.16. The highest BCUT2D eigenvalue weighted by atomic mass is 15.1. The summed E-state index contributed by atoms with van der Waals surface area (Å²) in [6.07, 6.45) is 3.58. The molecule has 1 aromatic carbocycles. The molecule has 1 aromatic heterocycles. The lowest BCUT2D eigenvalue weighted by molar-refractivity contribution is 0.920. The molecule has 0 amide bonds. The fraction of sp³-hybridized carbons (Fsp3) is 0.154. The summed E-state index contributed by atoms with van der Waals surface area (Å²) >= 11 is 0. The molecule has 2 aromatic rings. The van der Waals surface area contributed by atoms with Gasteiger partial charge in [0, 0.05) is 31.7 Å². The minimum atomic E-state index is 0.615. The van der Waals surface area contributed by atoms with Crippen molar-refractivity contribution < 1.29 is 0 Å². The molecule has 0 saturated carbocycles. The van der Waals surface area contributed by atoms with Gasteiger partial charge in [0.2, 0.25) is 0 Å². The number of hydrogen-bond acceptors (Lipinski definition) is 4. The molecule has 0 aliphatic carbocycles. The van der Waals surface area contributed by atoms with E-state index in [1.54, 1.807) is 12.4 Å². The zero-order valence-electron chi connectivity index (χ0n) is 9.80. The number of benzene rings is 1. The number of anilines is 3. The Morgan fingerprint density at radius 3 is 2.41 bits per heavy atom. The van der Waals surface area contributed by atoms with Crippen LogP contribution in [0.5, 0.6) is 0 Å². The number of hydrogen-bond donors (Lipinski definition) is 2. The van der Waals surface area contributed by atoms with Gasteiger partial charge in [0.1, 0.15) is 0 Å². The van der Waals surface area contributed by atoms with E-state index in [4.69, 9.17) is 11.5 Å². The predicted molar refractivity (Wildman–Crippen MR) is 71.6 cm³/mol. The quantitative estimate of drug-likeness (QED) is 0.787. The molecule has 4 N–H and O–H groups in total. The SMILES string of the molecule is CN(Cc1ccncc1)c1ccc(N)c(N)c1. The van der Waals surface area contributed by atoms with E-state index in [-0.39, 0.29) is 0 Å². The van der Waals surface area contributed by atoms with Gasteiger partial charge in [-0.15, -0.1) is 0 Å². The van der Waals surface area contributed by atoms with Crippen molar-refractivity contribution in [3.05, 3.63) is 48.3 Å². The van der Waals surface area contributed by atoms with Crippen LogP contribution in [-0.4, -0.2) is 12.0 Å². The van der Waals surface area contributed by atoms with E-state index < -0.39 is 0 Å². The number of rotatable bonds is 3. The molecular formula is C13H16N4. The molecule has 1 heterocycles. The molecule has 0 aliphatic heterocycles. The van der Waals surface area contributed by atoms with Crippen LogP contribution >= 0.6 is 0 Å². The highest BCUT2D eigenvalue weighted by Gasteiger charge is 2.03. The van der Waals surface area contributed by atoms with Crippen LogP contribution in [0.25, 0.3) is 0 Å². The van der Waals surface area contributed by atoms with E-state index >= 15 is 0 Å². The summed E-state index contributed by atoms with van der Waals surface area (Å²) in [4.78, 5) is 6.11. The largest absolute Gasteiger partial charge is 0.397 e. The van der Waals surface area contributed by atoms with Crippen molar-refractivity contribution in [2.24, 2.45) is 0 Å². The van der Waals surface area contributed by atoms with Crippen molar-refractivity contribution in [3.63, 3.8) is 0 Å². The second kappa shape index (κ2) is 4.74. The third kappa shape index (κ3) is 2.66. The first-order valence-electron chi connectivity index (χ1n) is 5.42. The first kappa shape index (κ1) is 11.3. The summed E-state index contributed by atoms with van der Waals surface area (Å²) < 4.78 is 0. The Labute approximate surface area is 101 Å². The molecule has 88 valence electrons. The Bertz CT molecular complexity index is 496. The lowest BCUT2D eigenvalue weighted by Crippen LogP contribution is -2.16. The Morgan fingerprint density at radius 1 is 1.06 bits per heavy atom. The summed E-state index contributed by atoms with van der Waals surface area (Å²) in [5.41, 5.74) is 15.0. The summed E-state index contributed by atoms with van der Waals surface area (Å²) in [5, 5.41) is 0. The van der Waals surface area contributed by atoms with Gasteiger partial charge < -0.3 is 16.4 Å². The maximum Gasteiger partial charge on any atom is 0.0568 e. The van der Waals surface area contributed by atoms with Crippen molar-refractivity contribution in [3.8, 4) is 0 Å². The van der Waals surface area contributed by atoms with Gasteiger partial charge in [0.05, 0.1) is 11.4 Å². The first-order valence-corrected chi connectivity index (χ1v) is 5.42. The maximum atomic E-state index is 5.79. The number of nitrogens with two attached hydrogens (primary N) is 2. The highest BCUT2D eigenvalue weighted by molar-refractivity contribution is 5.69. The Balaban J connectivity index is 2.14. The van der Waals surface area contributed by atoms with Crippen LogP contribution in [0.4, 0.5) is 17.1 Å². The predicted octanol–water partition coefficient (Wildman–Crippen LogP) is 1.88. The van der Waals surface area contributed by atoms with Crippen LogP contribution in [0.1, 0.15) is 5.56 Å². The maximum absolute atomic E-state index is 5.79. The average Bonchev–Trinajstić information content (AvgIpc) is 2.34. The highest BCUT2D eigenvalue weighted by Crippen LogP contribution is 2.23. The lowest BCUT2D eigenvalue weighted by atomic mass is 10.2. The molecule has 0 unspecified atom stereocenters. The summed E-state index contributed by atoms with van der Waals surface area (Å²) in [6.45, 7) is 0.811. The minimum Gasteiger partial charge on any atom is -0.397 e. The number of nitrogens with zero attached hydrogens (tertiary/aromatic N) is 2. The summed E-state index contributed by atoms with van der Waals surface area (Å²) in [7, 11) is 2.02. The van der Waals surface area contributed by atoms with Gasteiger partial charge in [-0.1, -0.05) is 0 Å². The molecule has 17 heavy (non-hydrogen) atoms. The molecule has 4 nitrogen and oxygen atoms in total. The summed E-state index contributed by atoms with van der Waals surface area (Å²) in [5.74, 6) is 0. The molecule has 0 saturated heterocycles. The zero-order valence-corrected chi connectivity index (χ0v) is 9.80. The van der Waals surface area contributed by atoms with Crippen molar-refractivity contribution in [1.82, 2.24) is 4.98 Å². The van der Waals surface area contributed by atoms with Gasteiger partial charge in [-0.2, -0.15) is 0 Å². The van der Waals surface area contributed by atoms with Gasteiger partial charge in [0.15, 0.2) is 0 Å². The molecule has 0 atom stereocenters. The van der Waals surface area contributed by atoms with E-state index in [1.807, 2.05) is 37.4 Å². The zero-order chi connectivity index (χ0) is 12.3.